The average Bonchev–Trinajstić information content (AvgIpc) is 3.40. The second-order valence-corrected chi connectivity index (χ2v) is 10.1. The van der Waals surface area contributed by atoms with Crippen molar-refractivity contribution >= 4 is 23.3 Å². The fourth-order valence-electron chi connectivity index (χ4n) is 5.93. The summed E-state index contributed by atoms with van der Waals surface area (Å²) in [5, 5.41) is 9.10. The third kappa shape index (κ3) is 3.84. The van der Waals surface area contributed by atoms with E-state index in [1.54, 1.807) is 6.07 Å². The number of ether oxygens (including phenoxy) is 1. The minimum Gasteiger partial charge on any atom is -0.481 e. The third-order valence-electron chi connectivity index (χ3n) is 8.03. The molecule has 35 heavy (non-hydrogen) atoms. The van der Waals surface area contributed by atoms with Crippen molar-refractivity contribution < 1.29 is 14.6 Å². The number of hydrogen-bond donors (Lipinski definition) is 2. The number of hydrogen-bond acceptors (Lipinski definition) is 9. The van der Waals surface area contributed by atoms with E-state index in [1.807, 2.05) is 12.3 Å². The maximum atomic E-state index is 11.1. The average molecular weight is 478 g/mol. The number of nitrogens with two attached hydrogens (primary N) is 1. The number of fused-ring (bicyclic) bond motifs is 2. The largest absolute Gasteiger partial charge is 0.481 e. The number of anilines is 2. The van der Waals surface area contributed by atoms with Gasteiger partial charge in [-0.2, -0.15) is 0 Å². The number of aliphatic carboxylic acids is 1. The third-order valence-corrected chi connectivity index (χ3v) is 8.03. The predicted octanol–water partition coefficient (Wildman–Crippen LogP) is 1.54. The molecule has 1 spiro atoms. The standard InChI is InChI=1S/C25H31N7O3/c1-15-23(26)25(14-35-15)6-9-31(10-7-25)20-13-27-22-18(30-20)12-28-24(22)32-8-2-3-17-19(32)5-4-16(29-17)11-21(33)34/h4-5,13,15,23H,2-3,6-12,14,26H2,1H3,(H,33,34)/t15-,23+/m0/s1. The fourth-order valence-corrected chi connectivity index (χ4v) is 5.93. The Labute approximate surface area is 204 Å². The highest BCUT2D eigenvalue weighted by Crippen LogP contribution is 2.42. The molecule has 4 aliphatic heterocycles. The number of piperidine rings is 1. The molecule has 3 N–H and O–H groups in total. The first-order valence-electron chi connectivity index (χ1n) is 12.4. The molecule has 2 aromatic rings. The van der Waals surface area contributed by atoms with E-state index in [0.717, 1.165) is 86.3 Å². The van der Waals surface area contributed by atoms with Crippen LogP contribution in [-0.2, 0) is 28.9 Å². The minimum atomic E-state index is -0.872. The van der Waals surface area contributed by atoms with Crippen LogP contribution in [0.2, 0.25) is 0 Å². The van der Waals surface area contributed by atoms with Crippen LogP contribution in [0, 0.1) is 5.41 Å². The number of carboxylic acids is 1. The van der Waals surface area contributed by atoms with Crippen molar-refractivity contribution in [1.29, 1.82) is 0 Å². The van der Waals surface area contributed by atoms with E-state index < -0.39 is 5.97 Å². The molecule has 2 aromatic heterocycles. The lowest BCUT2D eigenvalue weighted by atomic mass is 9.73. The first-order valence-corrected chi connectivity index (χ1v) is 12.4. The number of aromatic nitrogens is 3. The van der Waals surface area contributed by atoms with Gasteiger partial charge in [0.1, 0.15) is 11.5 Å². The predicted molar refractivity (Wildman–Crippen MR) is 131 cm³/mol. The number of rotatable bonds is 3. The van der Waals surface area contributed by atoms with Crippen LogP contribution in [0.5, 0.6) is 0 Å². The Hall–Kier alpha value is -3.11. The van der Waals surface area contributed by atoms with E-state index in [4.69, 9.17) is 30.5 Å². The van der Waals surface area contributed by atoms with Crippen molar-refractivity contribution in [2.45, 2.75) is 57.7 Å². The van der Waals surface area contributed by atoms with Gasteiger partial charge in [-0.3, -0.25) is 14.8 Å². The van der Waals surface area contributed by atoms with Crippen LogP contribution in [0.3, 0.4) is 0 Å². The number of nitrogens with zero attached hydrogens (tertiary/aromatic N) is 6. The van der Waals surface area contributed by atoms with Crippen LogP contribution in [0.25, 0.3) is 0 Å². The zero-order valence-corrected chi connectivity index (χ0v) is 20.0. The van der Waals surface area contributed by atoms with E-state index in [1.165, 1.54) is 0 Å². The summed E-state index contributed by atoms with van der Waals surface area (Å²) in [5.41, 5.74) is 10.8. The number of amidine groups is 1. The zero-order chi connectivity index (χ0) is 24.2. The smallest absolute Gasteiger partial charge is 0.309 e. The van der Waals surface area contributed by atoms with Crippen molar-refractivity contribution in [3.8, 4) is 0 Å². The van der Waals surface area contributed by atoms with Crippen LogP contribution in [0.15, 0.2) is 23.3 Å². The monoisotopic (exact) mass is 477 g/mol. The summed E-state index contributed by atoms with van der Waals surface area (Å²) in [6, 6.07) is 3.85. The molecular weight excluding hydrogens is 446 g/mol. The molecule has 0 radical (unpaired) electrons. The maximum Gasteiger partial charge on any atom is 0.309 e. The summed E-state index contributed by atoms with van der Waals surface area (Å²) in [5.74, 6) is 0.853. The summed E-state index contributed by atoms with van der Waals surface area (Å²) < 4.78 is 5.86. The molecule has 0 aliphatic carbocycles. The van der Waals surface area contributed by atoms with Gasteiger partial charge in [-0.1, -0.05) is 0 Å². The van der Waals surface area contributed by atoms with Crippen LogP contribution in [0.1, 0.15) is 49.0 Å². The van der Waals surface area contributed by atoms with Crippen molar-refractivity contribution in [2.75, 3.05) is 36.0 Å². The highest BCUT2D eigenvalue weighted by molar-refractivity contribution is 6.11. The highest BCUT2D eigenvalue weighted by atomic mass is 16.5. The molecule has 2 saturated heterocycles. The SMILES string of the molecule is C[C@@H]1OCC2(CCN(c3cnc4c(n3)CN=C4N3CCCc4nc(CC(=O)O)ccc43)CC2)[C@@H]1N. The quantitative estimate of drug-likeness (QED) is 0.676. The molecule has 0 bridgehead atoms. The number of carboxylic acid groups (broad SMARTS) is 1. The second kappa shape index (κ2) is 8.53. The Bertz CT molecular complexity index is 1190. The number of aryl methyl sites for hydroxylation is 1. The molecule has 2 atom stereocenters. The van der Waals surface area contributed by atoms with Crippen LogP contribution in [-0.4, -0.2) is 70.3 Å². The first kappa shape index (κ1) is 22.4. The summed E-state index contributed by atoms with van der Waals surface area (Å²) in [6.45, 7) is 5.95. The summed E-state index contributed by atoms with van der Waals surface area (Å²) in [4.78, 5) is 34.7. The van der Waals surface area contributed by atoms with Gasteiger partial charge in [0.25, 0.3) is 0 Å². The van der Waals surface area contributed by atoms with Gasteiger partial charge in [-0.25, -0.2) is 9.97 Å². The molecule has 6 heterocycles. The molecule has 0 unspecified atom stereocenters. The zero-order valence-electron chi connectivity index (χ0n) is 20.0. The number of pyridine rings is 1. The van der Waals surface area contributed by atoms with Gasteiger partial charge < -0.3 is 25.4 Å². The topological polar surface area (TPSA) is 130 Å². The molecule has 2 fully saturated rings. The molecule has 4 aliphatic rings. The fraction of sp³-hybridized carbons (Fsp3) is 0.560. The van der Waals surface area contributed by atoms with Crippen LogP contribution < -0.4 is 15.5 Å². The van der Waals surface area contributed by atoms with Gasteiger partial charge in [-0.15, -0.1) is 0 Å². The molecule has 0 aromatic carbocycles. The first-order chi connectivity index (χ1) is 16.9. The van der Waals surface area contributed by atoms with Gasteiger partial charge in [0.15, 0.2) is 5.84 Å². The number of carbonyl (C=O) groups is 1. The number of aliphatic imine (C=N–C) groups is 1. The Kier molecular flexibility index (Phi) is 5.45. The summed E-state index contributed by atoms with van der Waals surface area (Å²) >= 11 is 0. The molecule has 6 rings (SSSR count). The van der Waals surface area contributed by atoms with E-state index in [-0.39, 0.29) is 24.0 Å². The Balaban J connectivity index is 1.19. The van der Waals surface area contributed by atoms with E-state index in [2.05, 4.69) is 21.7 Å². The van der Waals surface area contributed by atoms with E-state index in [0.29, 0.717) is 12.2 Å². The maximum absolute atomic E-state index is 11.1. The lowest BCUT2D eigenvalue weighted by Crippen LogP contribution is -2.50. The Morgan fingerprint density at radius 1 is 1.23 bits per heavy atom. The molecule has 184 valence electrons. The normalized spacial score (nSPS) is 24.9. The van der Waals surface area contributed by atoms with Crippen molar-refractivity contribution in [1.82, 2.24) is 15.0 Å². The van der Waals surface area contributed by atoms with Gasteiger partial charge in [-0.05, 0) is 44.7 Å². The Morgan fingerprint density at radius 3 is 2.80 bits per heavy atom. The highest BCUT2D eigenvalue weighted by Gasteiger charge is 2.47. The van der Waals surface area contributed by atoms with Gasteiger partial charge >= 0.3 is 5.97 Å². The lowest BCUT2D eigenvalue weighted by molar-refractivity contribution is -0.136. The van der Waals surface area contributed by atoms with Gasteiger partial charge in [0.05, 0.1) is 54.6 Å². The summed E-state index contributed by atoms with van der Waals surface area (Å²) in [6.07, 6.45) is 5.67. The summed E-state index contributed by atoms with van der Waals surface area (Å²) in [7, 11) is 0. The lowest BCUT2D eigenvalue weighted by Gasteiger charge is -2.41. The Morgan fingerprint density at radius 2 is 2.06 bits per heavy atom. The molecule has 0 amide bonds. The second-order valence-electron chi connectivity index (χ2n) is 10.1. The van der Waals surface area contributed by atoms with Crippen molar-refractivity contribution in [3.05, 3.63) is 41.1 Å². The van der Waals surface area contributed by atoms with Crippen LogP contribution >= 0.6 is 0 Å². The van der Waals surface area contributed by atoms with Gasteiger partial charge in [0, 0.05) is 31.1 Å². The van der Waals surface area contributed by atoms with E-state index >= 15 is 0 Å². The van der Waals surface area contributed by atoms with Gasteiger partial charge in [0.2, 0.25) is 0 Å². The van der Waals surface area contributed by atoms with Crippen LogP contribution in [0.4, 0.5) is 11.5 Å². The van der Waals surface area contributed by atoms with E-state index in [9.17, 15) is 4.79 Å². The molecular formula is C25H31N7O3. The molecule has 10 nitrogen and oxygen atoms in total. The van der Waals surface area contributed by atoms with Crippen molar-refractivity contribution in [3.63, 3.8) is 0 Å². The molecule has 0 saturated carbocycles. The minimum absolute atomic E-state index is 0.0685. The van der Waals surface area contributed by atoms with Crippen molar-refractivity contribution in [2.24, 2.45) is 16.1 Å². The molecule has 10 heteroatoms.